The van der Waals surface area contributed by atoms with E-state index < -0.39 is 22.5 Å². The van der Waals surface area contributed by atoms with E-state index in [-0.39, 0.29) is 36.5 Å². The average molecular weight is 404 g/mol. The molecule has 7 atom stereocenters. The van der Waals surface area contributed by atoms with Crippen LogP contribution in [0.15, 0.2) is 23.0 Å². The third-order valence-corrected chi connectivity index (χ3v) is 8.29. The zero-order valence-corrected chi connectivity index (χ0v) is 16.9. The predicted octanol–water partition coefficient (Wildman–Crippen LogP) is 2.77. The molecule has 0 aromatic carbocycles. The molecule has 4 fully saturated rings. The Hall–Kier alpha value is -1.86. The van der Waals surface area contributed by atoms with E-state index in [0.29, 0.717) is 19.4 Å². The zero-order chi connectivity index (χ0) is 20.4. The van der Waals surface area contributed by atoms with Crippen LogP contribution in [0.5, 0.6) is 0 Å². The summed E-state index contributed by atoms with van der Waals surface area (Å²) >= 11 is 0. The summed E-state index contributed by atoms with van der Waals surface area (Å²) in [5.41, 5.74) is -1.19. The van der Waals surface area contributed by atoms with Crippen LogP contribution in [0.25, 0.3) is 0 Å². The lowest BCUT2D eigenvalue weighted by Crippen LogP contribution is -2.67. The standard InChI is InChI=1S/C22H28O7/c1-13-8-18(24)22(12-27-14(2)23)17(4-3-6-20(22)11-28-20)21(13)9-16(29-19(21)25)15-5-7-26-10-15/h5,7,10,13,16-18,24H,3-4,6,8-9,11-12H2,1-2H3/t13-,16-,17-,18+,20+,21-,22+/m1/s1. The Balaban J connectivity index is 1.59. The van der Waals surface area contributed by atoms with Crippen molar-refractivity contribution in [1.29, 1.82) is 0 Å². The van der Waals surface area contributed by atoms with Gasteiger partial charge < -0.3 is 23.7 Å². The lowest BCUT2D eigenvalue weighted by Gasteiger charge is -2.60. The molecule has 7 heteroatoms. The number of rotatable bonds is 3. The average Bonchev–Trinajstić information content (AvgIpc) is 3.12. The third-order valence-electron chi connectivity index (χ3n) is 8.29. The second-order valence-electron chi connectivity index (χ2n) is 9.40. The lowest BCUT2D eigenvalue weighted by atomic mass is 9.42. The first-order valence-electron chi connectivity index (χ1n) is 10.5. The molecule has 0 bridgehead atoms. The van der Waals surface area contributed by atoms with Crippen LogP contribution in [-0.4, -0.2) is 42.0 Å². The van der Waals surface area contributed by atoms with Gasteiger partial charge in [0.2, 0.25) is 0 Å². The van der Waals surface area contributed by atoms with Gasteiger partial charge in [-0.3, -0.25) is 9.59 Å². The van der Waals surface area contributed by atoms with Crippen LogP contribution in [0.3, 0.4) is 0 Å². The minimum Gasteiger partial charge on any atom is -0.472 e. The molecule has 1 aromatic rings. The molecular formula is C22H28O7. The largest absolute Gasteiger partial charge is 0.472 e. The Labute approximate surface area is 169 Å². The van der Waals surface area contributed by atoms with Crippen molar-refractivity contribution in [2.75, 3.05) is 13.2 Å². The van der Waals surface area contributed by atoms with Crippen LogP contribution in [0.1, 0.15) is 57.6 Å². The molecule has 4 aliphatic rings. The number of epoxide rings is 1. The number of fused-ring (bicyclic) bond motifs is 3. The lowest BCUT2D eigenvalue weighted by molar-refractivity contribution is -0.219. The molecule has 2 aliphatic carbocycles. The predicted molar refractivity (Wildman–Crippen MR) is 99.5 cm³/mol. The van der Waals surface area contributed by atoms with Crippen molar-refractivity contribution in [3.05, 3.63) is 24.2 Å². The Morgan fingerprint density at radius 2 is 2.21 bits per heavy atom. The maximum atomic E-state index is 13.5. The molecule has 1 N–H and O–H groups in total. The summed E-state index contributed by atoms with van der Waals surface area (Å²) in [6.45, 7) is 4.02. The topological polar surface area (TPSA) is 98.5 Å². The van der Waals surface area contributed by atoms with Crippen molar-refractivity contribution in [1.82, 2.24) is 0 Å². The normalized spacial score (nSPS) is 45.8. The van der Waals surface area contributed by atoms with E-state index in [9.17, 15) is 14.7 Å². The van der Waals surface area contributed by atoms with Gasteiger partial charge in [0, 0.05) is 18.9 Å². The first-order chi connectivity index (χ1) is 13.9. The highest BCUT2D eigenvalue weighted by Crippen LogP contribution is 2.70. The molecule has 1 aromatic heterocycles. The van der Waals surface area contributed by atoms with Gasteiger partial charge in [0.1, 0.15) is 18.3 Å². The fourth-order valence-corrected chi connectivity index (χ4v) is 6.80. The number of cyclic esters (lactones) is 1. The van der Waals surface area contributed by atoms with E-state index in [1.807, 2.05) is 13.0 Å². The summed E-state index contributed by atoms with van der Waals surface area (Å²) in [5.74, 6) is -0.817. The molecule has 2 saturated carbocycles. The van der Waals surface area contributed by atoms with E-state index in [2.05, 4.69) is 0 Å². The minimum atomic E-state index is -0.784. The van der Waals surface area contributed by atoms with Crippen molar-refractivity contribution >= 4 is 11.9 Å². The third kappa shape index (κ3) is 2.43. The van der Waals surface area contributed by atoms with Gasteiger partial charge in [-0.25, -0.2) is 0 Å². The molecule has 5 rings (SSSR count). The fraction of sp³-hybridized carbons (Fsp3) is 0.727. The van der Waals surface area contributed by atoms with Crippen LogP contribution in [0.2, 0.25) is 0 Å². The number of hydrogen-bond acceptors (Lipinski definition) is 7. The molecule has 3 heterocycles. The summed E-state index contributed by atoms with van der Waals surface area (Å²) in [6, 6.07) is 1.83. The van der Waals surface area contributed by atoms with Gasteiger partial charge in [-0.05, 0) is 37.2 Å². The highest BCUT2D eigenvalue weighted by atomic mass is 16.6. The Morgan fingerprint density at radius 1 is 1.41 bits per heavy atom. The molecule has 7 nitrogen and oxygen atoms in total. The molecule has 29 heavy (non-hydrogen) atoms. The molecular weight excluding hydrogens is 376 g/mol. The number of ether oxygens (including phenoxy) is 3. The first kappa shape index (κ1) is 19.1. The minimum absolute atomic E-state index is 0.0498. The number of carbonyl (C=O) groups is 2. The van der Waals surface area contributed by atoms with Gasteiger partial charge in [0.05, 0.1) is 36.1 Å². The van der Waals surface area contributed by atoms with Crippen LogP contribution >= 0.6 is 0 Å². The van der Waals surface area contributed by atoms with Crippen LogP contribution in [-0.2, 0) is 23.8 Å². The quantitative estimate of drug-likeness (QED) is 0.611. The van der Waals surface area contributed by atoms with Crippen molar-refractivity contribution < 1.29 is 33.3 Å². The maximum Gasteiger partial charge on any atom is 0.313 e. The number of furan rings is 1. The van der Waals surface area contributed by atoms with E-state index in [1.54, 1.807) is 12.5 Å². The molecule has 2 aliphatic heterocycles. The summed E-state index contributed by atoms with van der Waals surface area (Å²) in [4.78, 5) is 25.2. The van der Waals surface area contributed by atoms with E-state index in [1.165, 1.54) is 6.92 Å². The first-order valence-corrected chi connectivity index (χ1v) is 10.5. The summed E-state index contributed by atoms with van der Waals surface area (Å²) < 4.78 is 22.6. The van der Waals surface area contributed by atoms with Crippen molar-refractivity contribution in [3.63, 3.8) is 0 Å². The number of hydrogen-bond donors (Lipinski definition) is 1. The van der Waals surface area contributed by atoms with Crippen molar-refractivity contribution in [2.45, 2.75) is 63.8 Å². The summed E-state index contributed by atoms with van der Waals surface area (Å²) in [7, 11) is 0. The molecule has 2 spiro atoms. The van der Waals surface area contributed by atoms with Crippen LogP contribution in [0.4, 0.5) is 0 Å². The SMILES string of the molecule is CC(=O)OC[C@@]12[C@H](CCC[C@]13CO3)[C@@]1(C[C@H](c3ccoc3)OC1=O)[C@H](C)C[C@@H]2O. The van der Waals surface area contributed by atoms with Crippen molar-refractivity contribution in [2.24, 2.45) is 22.7 Å². The molecule has 158 valence electrons. The van der Waals surface area contributed by atoms with E-state index in [0.717, 1.165) is 24.8 Å². The summed E-state index contributed by atoms with van der Waals surface area (Å²) in [6.07, 6.45) is 5.65. The number of esters is 2. The molecule has 0 unspecified atom stereocenters. The van der Waals surface area contributed by atoms with Gasteiger partial charge >= 0.3 is 11.9 Å². The van der Waals surface area contributed by atoms with E-state index in [4.69, 9.17) is 18.6 Å². The van der Waals surface area contributed by atoms with Crippen molar-refractivity contribution in [3.8, 4) is 0 Å². The highest BCUT2D eigenvalue weighted by molar-refractivity contribution is 5.81. The smallest absolute Gasteiger partial charge is 0.313 e. The van der Waals surface area contributed by atoms with Gasteiger partial charge in [-0.2, -0.15) is 0 Å². The number of carbonyl (C=O) groups excluding carboxylic acids is 2. The van der Waals surface area contributed by atoms with Gasteiger partial charge in [-0.1, -0.05) is 13.3 Å². The monoisotopic (exact) mass is 404 g/mol. The summed E-state index contributed by atoms with van der Waals surface area (Å²) in [5, 5.41) is 11.4. The van der Waals surface area contributed by atoms with Crippen LogP contribution < -0.4 is 0 Å². The Morgan fingerprint density at radius 3 is 2.86 bits per heavy atom. The second-order valence-corrected chi connectivity index (χ2v) is 9.40. The zero-order valence-electron chi connectivity index (χ0n) is 16.9. The van der Waals surface area contributed by atoms with Gasteiger partial charge in [0.25, 0.3) is 0 Å². The Kier molecular flexibility index (Phi) is 4.17. The second kappa shape index (κ2) is 6.32. The highest BCUT2D eigenvalue weighted by Gasteiger charge is 2.77. The van der Waals surface area contributed by atoms with Crippen LogP contribution in [0, 0.1) is 22.7 Å². The molecule has 0 radical (unpaired) electrons. The molecule has 2 saturated heterocycles. The van der Waals surface area contributed by atoms with Gasteiger partial charge in [0.15, 0.2) is 0 Å². The van der Waals surface area contributed by atoms with E-state index >= 15 is 0 Å². The Bertz CT molecular complexity index is 813. The number of aliphatic hydroxyl groups is 1. The number of aliphatic hydroxyl groups excluding tert-OH is 1. The fourth-order valence-electron chi connectivity index (χ4n) is 6.80. The van der Waals surface area contributed by atoms with Gasteiger partial charge in [-0.15, -0.1) is 0 Å². The maximum absolute atomic E-state index is 13.5. The molecule has 0 amide bonds.